The Morgan fingerprint density at radius 2 is 1.82 bits per heavy atom. The molecule has 1 fully saturated rings. The highest BCUT2D eigenvalue weighted by Crippen LogP contribution is 2.31. The molecule has 11 heteroatoms. The van der Waals surface area contributed by atoms with E-state index in [1.54, 1.807) is 7.05 Å². The lowest BCUT2D eigenvalue weighted by Crippen LogP contribution is -2.50. The van der Waals surface area contributed by atoms with Crippen molar-refractivity contribution >= 4 is 29.9 Å². The molecule has 2 aromatic carbocycles. The van der Waals surface area contributed by atoms with E-state index in [1.165, 1.54) is 16.9 Å². The van der Waals surface area contributed by atoms with E-state index in [-0.39, 0.29) is 28.9 Å². The van der Waals surface area contributed by atoms with Gasteiger partial charge in [-0.3, -0.25) is 9.48 Å². The first-order valence-corrected chi connectivity index (χ1v) is 10.3. The molecule has 2 atom stereocenters. The molecule has 1 aliphatic heterocycles. The van der Waals surface area contributed by atoms with Crippen molar-refractivity contribution in [2.75, 3.05) is 13.1 Å². The minimum absolute atomic E-state index is 0. The van der Waals surface area contributed by atoms with Crippen molar-refractivity contribution in [3.8, 4) is 11.3 Å². The van der Waals surface area contributed by atoms with Gasteiger partial charge in [0.15, 0.2) is 11.6 Å². The van der Waals surface area contributed by atoms with E-state index < -0.39 is 40.8 Å². The quantitative estimate of drug-likeness (QED) is 0.512. The zero-order valence-electron chi connectivity index (χ0n) is 17.3. The zero-order chi connectivity index (χ0) is 23.0. The number of halogens is 6. The number of nitrogens with one attached hydrogen (secondary N) is 2. The Morgan fingerprint density at radius 1 is 1.12 bits per heavy atom. The minimum Gasteiger partial charge on any atom is -0.347 e. The molecule has 0 aliphatic carbocycles. The van der Waals surface area contributed by atoms with Crippen molar-refractivity contribution in [2.45, 2.75) is 18.4 Å². The minimum atomic E-state index is -1.05. The van der Waals surface area contributed by atoms with Crippen LogP contribution in [0.25, 0.3) is 11.3 Å². The summed E-state index contributed by atoms with van der Waals surface area (Å²) in [5.74, 6) is -5.36. The first kappa shape index (κ1) is 25.0. The highest BCUT2D eigenvalue weighted by atomic mass is 35.5. The number of benzene rings is 2. The summed E-state index contributed by atoms with van der Waals surface area (Å²) in [6, 6.07) is 5.01. The van der Waals surface area contributed by atoms with Crippen molar-refractivity contribution in [3.05, 3.63) is 75.9 Å². The molecule has 1 amide bonds. The average Bonchev–Trinajstić information content (AvgIpc) is 3.08. The van der Waals surface area contributed by atoms with E-state index in [4.69, 9.17) is 11.6 Å². The molecule has 4 rings (SSSR count). The number of piperidine rings is 1. The Kier molecular flexibility index (Phi) is 7.66. The molecule has 0 unspecified atom stereocenters. The Labute approximate surface area is 198 Å². The fraction of sp³-hybridized carbons (Fsp3) is 0.273. The Hall–Kier alpha value is -2.62. The van der Waals surface area contributed by atoms with Crippen LogP contribution in [0.4, 0.5) is 17.6 Å². The van der Waals surface area contributed by atoms with Crippen LogP contribution >= 0.6 is 24.0 Å². The monoisotopic (exact) mass is 502 g/mol. The summed E-state index contributed by atoms with van der Waals surface area (Å²) in [4.78, 5) is 12.8. The average molecular weight is 503 g/mol. The van der Waals surface area contributed by atoms with Gasteiger partial charge in [-0.1, -0.05) is 17.7 Å². The molecular formula is C22H20Cl2F4N4O. The number of carbonyl (C=O) groups is 1. The number of nitrogens with zero attached hydrogens (tertiary/aromatic N) is 2. The van der Waals surface area contributed by atoms with Crippen molar-refractivity contribution in [1.82, 2.24) is 20.4 Å². The summed E-state index contributed by atoms with van der Waals surface area (Å²) < 4.78 is 58.0. The van der Waals surface area contributed by atoms with E-state index >= 15 is 0 Å². The van der Waals surface area contributed by atoms with Crippen molar-refractivity contribution in [2.24, 2.45) is 7.05 Å². The van der Waals surface area contributed by atoms with E-state index in [1.807, 2.05) is 0 Å². The summed E-state index contributed by atoms with van der Waals surface area (Å²) >= 11 is 6.05. The molecule has 0 radical (unpaired) electrons. The van der Waals surface area contributed by atoms with Crippen molar-refractivity contribution < 1.29 is 22.4 Å². The van der Waals surface area contributed by atoms with Gasteiger partial charge >= 0.3 is 0 Å². The second-order valence-electron chi connectivity index (χ2n) is 7.63. The third-order valence-electron chi connectivity index (χ3n) is 5.61. The SMILES string of the molecule is Cl.Cn1ncc(Cl)c1-c1cc(F)c(C(=O)N[C@@H]2CNCC[C@H]2c2ccc(F)c(F)c2)c(F)c1. The van der Waals surface area contributed by atoms with Gasteiger partial charge in [0.25, 0.3) is 5.91 Å². The van der Waals surface area contributed by atoms with E-state index in [0.717, 1.165) is 24.3 Å². The van der Waals surface area contributed by atoms with Gasteiger partial charge in [-0.05, 0) is 42.8 Å². The van der Waals surface area contributed by atoms with Gasteiger partial charge in [-0.2, -0.15) is 5.10 Å². The van der Waals surface area contributed by atoms with Crippen LogP contribution in [0.3, 0.4) is 0 Å². The van der Waals surface area contributed by atoms with Gasteiger partial charge in [0.05, 0.1) is 16.9 Å². The normalized spacial score (nSPS) is 18.0. The number of hydrogen-bond donors (Lipinski definition) is 2. The molecule has 1 aliphatic rings. The van der Waals surface area contributed by atoms with Gasteiger partial charge in [0.1, 0.15) is 17.2 Å². The molecule has 33 heavy (non-hydrogen) atoms. The third kappa shape index (κ3) is 5.00. The highest BCUT2D eigenvalue weighted by Gasteiger charge is 2.30. The molecule has 176 valence electrons. The van der Waals surface area contributed by atoms with E-state index in [2.05, 4.69) is 15.7 Å². The van der Waals surface area contributed by atoms with Gasteiger partial charge in [0.2, 0.25) is 0 Å². The largest absolute Gasteiger partial charge is 0.347 e. The molecule has 2 heterocycles. The number of aromatic nitrogens is 2. The predicted molar refractivity (Wildman–Crippen MR) is 119 cm³/mol. The highest BCUT2D eigenvalue weighted by molar-refractivity contribution is 6.33. The molecule has 5 nitrogen and oxygen atoms in total. The Balaban J connectivity index is 0.00000306. The molecule has 0 spiro atoms. The summed E-state index contributed by atoms with van der Waals surface area (Å²) in [6.07, 6.45) is 1.88. The van der Waals surface area contributed by atoms with Gasteiger partial charge in [-0.15, -0.1) is 12.4 Å². The van der Waals surface area contributed by atoms with E-state index in [0.29, 0.717) is 30.8 Å². The van der Waals surface area contributed by atoms with Crippen LogP contribution in [-0.2, 0) is 7.05 Å². The van der Waals surface area contributed by atoms with Crippen molar-refractivity contribution in [3.63, 3.8) is 0 Å². The van der Waals surface area contributed by atoms with E-state index in [9.17, 15) is 22.4 Å². The third-order valence-corrected chi connectivity index (χ3v) is 5.88. The number of carbonyl (C=O) groups excluding carboxylic acids is 1. The standard InChI is InChI=1S/C22H19ClF4N4O.ClH/c1-31-21(14(23)9-29-31)12-7-17(26)20(18(27)8-12)22(32)30-19-10-28-5-4-13(19)11-2-3-15(24)16(25)6-11;/h2-3,6-9,13,19,28H,4-5,10H2,1H3,(H,30,32);1H/t13-,19+;/m0./s1. The lowest BCUT2D eigenvalue weighted by Gasteiger charge is -2.33. The maximum Gasteiger partial charge on any atom is 0.257 e. The number of amides is 1. The van der Waals surface area contributed by atoms with Crippen LogP contribution in [0, 0.1) is 23.3 Å². The molecule has 0 saturated carbocycles. The Bertz CT molecular complexity index is 1140. The van der Waals surface area contributed by atoms with Crippen LogP contribution in [0.15, 0.2) is 36.5 Å². The second-order valence-corrected chi connectivity index (χ2v) is 8.04. The topological polar surface area (TPSA) is 59.0 Å². The maximum atomic E-state index is 14.8. The van der Waals surface area contributed by atoms with Gasteiger partial charge in [0, 0.05) is 31.1 Å². The van der Waals surface area contributed by atoms with Crippen LogP contribution in [0.1, 0.15) is 28.3 Å². The predicted octanol–water partition coefficient (Wildman–Crippen LogP) is 4.59. The van der Waals surface area contributed by atoms with Crippen LogP contribution in [0.5, 0.6) is 0 Å². The molecule has 1 aromatic heterocycles. The van der Waals surface area contributed by atoms with Gasteiger partial charge in [-0.25, -0.2) is 17.6 Å². The summed E-state index contributed by atoms with van der Waals surface area (Å²) in [7, 11) is 1.58. The summed E-state index contributed by atoms with van der Waals surface area (Å²) in [5.41, 5.74) is 0.214. The molecule has 1 saturated heterocycles. The molecule has 2 N–H and O–H groups in total. The number of aryl methyl sites for hydroxylation is 1. The maximum absolute atomic E-state index is 14.8. The lowest BCUT2D eigenvalue weighted by molar-refractivity contribution is 0.0916. The molecule has 3 aromatic rings. The van der Waals surface area contributed by atoms with Crippen LogP contribution < -0.4 is 10.6 Å². The number of rotatable bonds is 4. The number of hydrogen-bond acceptors (Lipinski definition) is 3. The molecular weight excluding hydrogens is 483 g/mol. The zero-order valence-corrected chi connectivity index (χ0v) is 18.9. The smallest absolute Gasteiger partial charge is 0.257 e. The second kappa shape index (κ2) is 10.1. The molecule has 0 bridgehead atoms. The fourth-order valence-corrected chi connectivity index (χ4v) is 4.33. The first-order valence-electron chi connectivity index (χ1n) is 9.89. The van der Waals surface area contributed by atoms with Crippen LogP contribution in [-0.4, -0.2) is 34.8 Å². The Morgan fingerprint density at radius 3 is 2.42 bits per heavy atom. The summed E-state index contributed by atoms with van der Waals surface area (Å²) in [6.45, 7) is 0.903. The first-order chi connectivity index (χ1) is 15.3. The lowest BCUT2D eigenvalue weighted by atomic mass is 9.85. The van der Waals surface area contributed by atoms with Gasteiger partial charge < -0.3 is 10.6 Å². The van der Waals surface area contributed by atoms with Crippen molar-refractivity contribution in [1.29, 1.82) is 0 Å². The fourth-order valence-electron chi connectivity index (χ4n) is 4.05. The summed E-state index contributed by atoms with van der Waals surface area (Å²) in [5, 5.41) is 9.88. The van der Waals surface area contributed by atoms with Crippen LogP contribution in [0.2, 0.25) is 5.02 Å².